The number of nitrogens with one attached hydrogen (secondary N) is 1. The summed E-state index contributed by atoms with van der Waals surface area (Å²) in [5.41, 5.74) is 0. The maximum absolute atomic E-state index is 11.8. The second-order valence-electron chi connectivity index (χ2n) is 4.53. The van der Waals surface area contributed by atoms with Gasteiger partial charge in [0.05, 0.1) is 17.8 Å². The number of hydrogen-bond acceptors (Lipinski definition) is 5. The molecular formula is C12H17N5OS. The van der Waals surface area contributed by atoms with Gasteiger partial charge in [-0.25, -0.2) is 4.68 Å². The second kappa shape index (κ2) is 6.57. The molecule has 1 N–H and O–H groups in total. The number of terminal acetylenes is 1. The van der Waals surface area contributed by atoms with E-state index in [4.69, 9.17) is 6.42 Å². The van der Waals surface area contributed by atoms with Crippen LogP contribution in [0, 0.1) is 12.3 Å². The van der Waals surface area contributed by atoms with Gasteiger partial charge in [-0.15, -0.1) is 11.5 Å². The molecule has 7 heteroatoms. The van der Waals surface area contributed by atoms with Crippen molar-refractivity contribution in [2.75, 3.05) is 6.54 Å². The SMILES string of the molecule is C#CCNC(=O)C(C)Sc1nnnn1C1CCCC1. The number of amides is 1. The monoisotopic (exact) mass is 279 g/mol. The highest BCUT2D eigenvalue weighted by Gasteiger charge is 2.24. The van der Waals surface area contributed by atoms with Crippen molar-refractivity contribution in [1.29, 1.82) is 0 Å². The highest BCUT2D eigenvalue weighted by Crippen LogP contribution is 2.32. The molecule has 1 unspecified atom stereocenters. The van der Waals surface area contributed by atoms with E-state index in [-0.39, 0.29) is 17.7 Å². The summed E-state index contributed by atoms with van der Waals surface area (Å²) >= 11 is 1.37. The van der Waals surface area contributed by atoms with Crippen LogP contribution in [0.15, 0.2) is 5.16 Å². The molecule has 6 nitrogen and oxygen atoms in total. The van der Waals surface area contributed by atoms with Gasteiger partial charge in [-0.1, -0.05) is 30.5 Å². The molecule has 0 aliphatic heterocycles. The number of tetrazole rings is 1. The van der Waals surface area contributed by atoms with Crippen molar-refractivity contribution in [1.82, 2.24) is 25.5 Å². The van der Waals surface area contributed by atoms with Gasteiger partial charge in [0.25, 0.3) is 0 Å². The van der Waals surface area contributed by atoms with Crippen LogP contribution in [0.4, 0.5) is 0 Å². The lowest BCUT2D eigenvalue weighted by atomic mass is 10.3. The van der Waals surface area contributed by atoms with Gasteiger partial charge >= 0.3 is 0 Å². The van der Waals surface area contributed by atoms with E-state index in [9.17, 15) is 4.79 Å². The maximum atomic E-state index is 11.8. The number of carbonyl (C=O) groups excluding carboxylic acids is 1. The first-order valence-corrected chi connectivity index (χ1v) is 7.26. The van der Waals surface area contributed by atoms with Gasteiger partial charge in [0.1, 0.15) is 0 Å². The van der Waals surface area contributed by atoms with E-state index >= 15 is 0 Å². The second-order valence-corrected chi connectivity index (χ2v) is 5.83. The Kier molecular flexibility index (Phi) is 4.80. The lowest BCUT2D eigenvalue weighted by Crippen LogP contribution is -2.31. The predicted molar refractivity (Wildman–Crippen MR) is 72.5 cm³/mol. The molecule has 0 bridgehead atoms. The fourth-order valence-electron chi connectivity index (χ4n) is 2.13. The van der Waals surface area contributed by atoms with Crippen molar-refractivity contribution >= 4 is 17.7 Å². The highest BCUT2D eigenvalue weighted by molar-refractivity contribution is 8.00. The number of aromatic nitrogens is 4. The summed E-state index contributed by atoms with van der Waals surface area (Å²) in [6, 6.07) is 0.374. The van der Waals surface area contributed by atoms with E-state index < -0.39 is 0 Å². The van der Waals surface area contributed by atoms with Gasteiger partial charge in [-0.05, 0) is 30.2 Å². The van der Waals surface area contributed by atoms with Crippen molar-refractivity contribution in [2.45, 2.75) is 49.1 Å². The molecule has 1 atom stereocenters. The third-order valence-electron chi connectivity index (χ3n) is 3.15. The third kappa shape index (κ3) is 3.47. The van der Waals surface area contributed by atoms with E-state index in [0.29, 0.717) is 11.2 Å². The molecule has 0 saturated heterocycles. The van der Waals surface area contributed by atoms with Crippen LogP contribution < -0.4 is 5.32 Å². The number of hydrogen-bond donors (Lipinski definition) is 1. The van der Waals surface area contributed by atoms with Gasteiger partial charge in [0, 0.05) is 0 Å². The molecule has 1 amide bonds. The Morgan fingerprint density at radius 2 is 2.37 bits per heavy atom. The molecule has 0 spiro atoms. The Labute approximate surface area is 116 Å². The lowest BCUT2D eigenvalue weighted by molar-refractivity contribution is -0.120. The lowest BCUT2D eigenvalue weighted by Gasteiger charge is -2.13. The maximum Gasteiger partial charge on any atom is 0.234 e. The molecule has 102 valence electrons. The van der Waals surface area contributed by atoms with E-state index in [1.54, 1.807) is 0 Å². The van der Waals surface area contributed by atoms with E-state index in [1.165, 1.54) is 24.6 Å². The minimum Gasteiger partial charge on any atom is -0.344 e. The number of rotatable bonds is 5. The number of carbonyl (C=O) groups is 1. The molecule has 0 aromatic carbocycles. The first kappa shape index (κ1) is 13.9. The normalized spacial score (nSPS) is 17.1. The Morgan fingerprint density at radius 3 is 3.05 bits per heavy atom. The Morgan fingerprint density at radius 1 is 1.63 bits per heavy atom. The van der Waals surface area contributed by atoms with Crippen LogP contribution in [0.5, 0.6) is 0 Å². The zero-order valence-corrected chi connectivity index (χ0v) is 11.7. The van der Waals surface area contributed by atoms with Crippen LogP contribution in [0.2, 0.25) is 0 Å². The average molecular weight is 279 g/mol. The fraction of sp³-hybridized carbons (Fsp3) is 0.667. The first-order chi connectivity index (χ1) is 9.22. The Bertz CT molecular complexity index is 475. The minimum atomic E-state index is -0.264. The zero-order valence-electron chi connectivity index (χ0n) is 10.9. The molecule has 1 aromatic rings. The summed E-state index contributed by atoms with van der Waals surface area (Å²) in [7, 11) is 0. The first-order valence-electron chi connectivity index (χ1n) is 6.38. The highest BCUT2D eigenvalue weighted by atomic mass is 32.2. The van der Waals surface area contributed by atoms with Gasteiger partial charge < -0.3 is 5.32 Å². The van der Waals surface area contributed by atoms with Gasteiger partial charge in [-0.2, -0.15) is 0 Å². The molecule has 1 heterocycles. The van der Waals surface area contributed by atoms with Gasteiger partial charge in [0.15, 0.2) is 0 Å². The molecule has 1 aliphatic carbocycles. The summed E-state index contributed by atoms with van der Waals surface area (Å²) in [6.45, 7) is 2.07. The Balaban J connectivity index is 1.97. The average Bonchev–Trinajstić information content (AvgIpc) is 3.05. The van der Waals surface area contributed by atoms with Gasteiger partial charge in [0.2, 0.25) is 11.1 Å². The minimum absolute atomic E-state index is 0.0936. The topological polar surface area (TPSA) is 72.7 Å². The summed E-state index contributed by atoms with van der Waals surface area (Å²) in [5, 5.41) is 14.9. The van der Waals surface area contributed by atoms with Crippen molar-refractivity contribution in [3.8, 4) is 12.3 Å². The van der Waals surface area contributed by atoms with Crippen molar-refractivity contribution < 1.29 is 4.79 Å². The smallest absolute Gasteiger partial charge is 0.234 e. The molecule has 1 aromatic heterocycles. The van der Waals surface area contributed by atoms with Crippen LogP contribution in [0.25, 0.3) is 0 Å². The Hall–Kier alpha value is -1.55. The fourth-order valence-corrected chi connectivity index (χ4v) is 3.02. The van der Waals surface area contributed by atoms with Crippen molar-refractivity contribution in [3.05, 3.63) is 0 Å². The van der Waals surface area contributed by atoms with E-state index in [1.807, 2.05) is 11.6 Å². The van der Waals surface area contributed by atoms with Gasteiger partial charge in [-0.3, -0.25) is 4.79 Å². The number of nitrogens with zero attached hydrogens (tertiary/aromatic N) is 4. The van der Waals surface area contributed by atoms with Crippen LogP contribution in [0.3, 0.4) is 0 Å². The quantitative estimate of drug-likeness (QED) is 0.643. The molecule has 0 radical (unpaired) electrons. The zero-order chi connectivity index (χ0) is 13.7. The molecule has 1 aliphatic rings. The predicted octanol–water partition coefficient (Wildman–Crippen LogP) is 1.02. The molecular weight excluding hydrogens is 262 g/mol. The van der Waals surface area contributed by atoms with Crippen LogP contribution in [0.1, 0.15) is 38.6 Å². The van der Waals surface area contributed by atoms with Crippen molar-refractivity contribution in [3.63, 3.8) is 0 Å². The third-order valence-corrected chi connectivity index (χ3v) is 4.20. The van der Waals surface area contributed by atoms with Crippen molar-refractivity contribution in [2.24, 2.45) is 0 Å². The summed E-state index contributed by atoms with van der Waals surface area (Å²) in [5.74, 6) is 2.29. The molecule has 19 heavy (non-hydrogen) atoms. The van der Waals surface area contributed by atoms with E-state index in [2.05, 4.69) is 26.8 Å². The molecule has 1 saturated carbocycles. The number of thioether (sulfide) groups is 1. The van der Waals surface area contributed by atoms with Crippen LogP contribution >= 0.6 is 11.8 Å². The molecule has 1 fully saturated rings. The van der Waals surface area contributed by atoms with Crippen LogP contribution in [-0.4, -0.2) is 37.9 Å². The largest absolute Gasteiger partial charge is 0.344 e. The summed E-state index contributed by atoms with van der Waals surface area (Å²) in [6.07, 6.45) is 9.76. The molecule has 2 rings (SSSR count). The van der Waals surface area contributed by atoms with Crippen LogP contribution in [-0.2, 0) is 4.79 Å². The summed E-state index contributed by atoms with van der Waals surface area (Å²) in [4.78, 5) is 11.8. The standard InChI is InChI=1S/C12H17N5OS/c1-3-8-13-11(18)9(2)19-12-14-15-16-17(12)10-6-4-5-7-10/h1,9-10H,4-8H2,2H3,(H,13,18). The van der Waals surface area contributed by atoms with E-state index in [0.717, 1.165) is 12.8 Å². The summed E-state index contributed by atoms with van der Waals surface area (Å²) < 4.78 is 1.85.